The summed E-state index contributed by atoms with van der Waals surface area (Å²) in [7, 11) is -3.84. The molecule has 0 aromatic rings. The SMILES string of the molecule is N=CCCS(=O)(=O)O. The number of hydrogen-bond acceptors (Lipinski definition) is 3. The molecule has 5 heteroatoms. The molecule has 4 nitrogen and oxygen atoms in total. The lowest BCUT2D eigenvalue weighted by molar-refractivity contribution is 0.483. The molecule has 0 aliphatic rings. The van der Waals surface area contributed by atoms with E-state index in [4.69, 9.17) is 9.96 Å². The van der Waals surface area contributed by atoms with Gasteiger partial charge in [-0.25, -0.2) is 0 Å². The largest absolute Gasteiger partial charge is 0.313 e. The summed E-state index contributed by atoms with van der Waals surface area (Å²) in [6.45, 7) is 0. The highest BCUT2D eigenvalue weighted by Crippen LogP contribution is 1.82. The Bertz CT molecular complexity index is 159. The molecule has 8 heavy (non-hydrogen) atoms. The minimum absolute atomic E-state index is 0.0822. The maximum Gasteiger partial charge on any atom is 0.265 e. The van der Waals surface area contributed by atoms with Crippen LogP contribution in [0.4, 0.5) is 0 Å². The zero-order valence-electron chi connectivity index (χ0n) is 4.16. The third kappa shape index (κ3) is 5.58. The Morgan fingerprint density at radius 1 is 1.62 bits per heavy atom. The fraction of sp³-hybridized carbons (Fsp3) is 0.667. The molecular formula is C3H7NO3S. The first-order valence-electron chi connectivity index (χ1n) is 2.00. The molecule has 48 valence electrons. The third-order valence-electron chi connectivity index (χ3n) is 0.520. The van der Waals surface area contributed by atoms with Gasteiger partial charge in [0.15, 0.2) is 0 Å². The van der Waals surface area contributed by atoms with Gasteiger partial charge in [0.1, 0.15) is 0 Å². The molecule has 0 aliphatic carbocycles. The standard InChI is InChI=1S/C3H7NO3S/c4-2-1-3-8(5,6)7/h2,4H,1,3H2,(H,5,6,7). The lowest BCUT2D eigenvalue weighted by atomic mass is 10.5. The molecule has 2 N–H and O–H groups in total. The Morgan fingerprint density at radius 2 is 2.12 bits per heavy atom. The van der Waals surface area contributed by atoms with Crippen LogP contribution in [-0.4, -0.2) is 24.9 Å². The van der Waals surface area contributed by atoms with Gasteiger partial charge in [-0.1, -0.05) is 0 Å². The van der Waals surface area contributed by atoms with E-state index in [9.17, 15) is 8.42 Å². The summed E-state index contributed by atoms with van der Waals surface area (Å²) in [6.07, 6.45) is 1.02. The van der Waals surface area contributed by atoms with E-state index >= 15 is 0 Å². The summed E-state index contributed by atoms with van der Waals surface area (Å²) >= 11 is 0. The van der Waals surface area contributed by atoms with Gasteiger partial charge in [0, 0.05) is 0 Å². The van der Waals surface area contributed by atoms with Crippen LogP contribution in [0.1, 0.15) is 6.42 Å². The minimum atomic E-state index is -3.84. The van der Waals surface area contributed by atoms with Gasteiger partial charge in [-0.15, -0.1) is 0 Å². The molecule has 0 aromatic heterocycles. The Balaban J connectivity index is 3.57. The molecule has 0 saturated heterocycles. The molecule has 0 bridgehead atoms. The van der Waals surface area contributed by atoms with Crippen molar-refractivity contribution in [3.63, 3.8) is 0 Å². The zero-order chi connectivity index (χ0) is 6.62. The minimum Gasteiger partial charge on any atom is -0.313 e. The Kier molecular flexibility index (Phi) is 2.64. The summed E-state index contributed by atoms with van der Waals surface area (Å²) in [5, 5.41) is 6.38. The van der Waals surface area contributed by atoms with E-state index in [2.05, 4.69) is 0 Å². The summed E-state index contributed by atoms with van der Waals surface area (Å²) < 4.78 is 27.7. The molecule has 0 heterocycles. The first kappa shape index (κ1) is 7.58. The second-order valence-electron chi connectivity index (χ2n) is 1.28. The molecule has 0 fully saturated rings. The molecule has 0 radical (unpaired) electrons. The van der Waals surface area contributed by atoms with Gasteiger partial charge in [0.25, 0.3) is 10.1 Å². The van der Waals surface area contributed by atoms with Crippen molar-refractivity contribution >= 4 is 16.3 Å². The van der Waals surface area contributed by atoms with Crippen molar-refractivity contribution in [2.45, 2.75) is 6.42 Å². The lowest BCUT2D eigenvalue weighted by Crippen LogP contribution is -2.03. The van der Waals surface area contributed by atoms with Gasteiger partial charge in [0.2, 0.25) is 0 Å². The highest BCUT2D eigenvalue weighted by atomic mass is 32.2. The summed E-state index contributed by atoms with van der Waals surface area (Å²) in [5.41, 5.74) is 0. The number of nitrogens with one attached hydrogen (secondary N) is 1. The highest BCUT2D eigenvalue weighted by Gasteiger charge is 1.99. The normalized spacial score (nSPS) is 11.1. The van der Waals surface area contributed by atoms with E-state index in [0.717, 1.165) is 6.21 Å². The van der Waals surface area contributed by atoms with Crippen LogP contribution in [0.15, 0.2) is 0 Å². The van der Waals surface area contributed by atoms with Gasteiger partial charge in [-0.2, -0.15) is 8.42 Å². The zero-order valence-corrected chi connectivity index (χ0v) is 4.98. The van der Waals surface area contributed by atoms with Crippen LogP contribution in [0.3, 0.4) is 0 Å². The van der Waals surface area contributed by atoms with Gasteiger partial charge >= 0.3 is 0 Å². The van der Waals surface area contributed by atoms with E-state index in [0.29, 0.717) is 0 Å². The average Bonchev–Trinajstić information content (AvgIpc) is 1.59. The van der Waals surface area contributed by atoms with Crippen LogP contribution < -0.4 is 0 Å². The molecule has 0 rings (SSSR count). The number of rotatable bonds is 3. The first-order valence-corrected chi connectivity index (χ1v) is 3.61. The molecular weight excluding hydrogens is 130 g/mol. The van der Waals surface area contributed by atoms with Crippen LogP contribution in [0.5, 0.6) is 0 Å². The fourth-order valence-electron chi connectivity index (χ4n) is 0.208. The number of hydrogen-bond donors (Lipinski definition) is 2. The molecule has 0 unspecified atom stereocenters. The van der Waals surface area contributed by atoms with Crippen LogP contribution in [-0.2, 0) is 10.1 Å². The molecule has 0 amide bonds. The fourth-order valence-corrected chi connectivity index (χ4v) is 0.624. The van der Waals surface area contributed by atoms with Crippen molar-refractivity contribution in [3.8, 4) is 0 Å². The first-order chi connectivity index (χ1) is 3.56. The summed E-state index contributed by atoms with van der Waals surface area (Å²) in [6, 6.07) is 0. The Morgan fingerprint density at radius 3 is 2.25 bits per heavy atom. The van der Waals surface area contributed by atoms with Crippen molar-refractivity contribution in [2.75, 3.05) is 5.75 Å². The quantitative estimate of drug-likeness (QED) is 0.421. The van der Waals surface area contributed by atoms with E-state index in [1.165, 1.54) is 0 Å². The lowest BCUT2D eigenvalue weighted by Gasteiger charge is -1.86. The molecule has 0 atom stereocenters. The second-order valence-corrected chi connectivity index (χ2v) is 2.85. The molecule has 0 aliphatic heterocycles. The second kappa shape index (κ2) is 2.78. The van der Waals surface area contributed by atoms with Crippen LogP contribution in [0.2, 0.25) is 0 Å². The average molecular weight is 137 g/mol. The maximum absolute atomic E-state index is 9.84. The van der Waals surface area contributed by atoms with E-state index in [-0.39, 0.29) is 12.2 Å². The summed E-state index contributed by atoms with van der Waals surface area (Å²) in [5.74, 6) is -0.351. The van der Waals surface area contributed by atoms with Gasteiger partial charge < -0.3 is 5.41 Å². The van der Waals surface area contributed by atoms with Crippen molar-refractivity contribution in [1.82, 2.24) is 0 Å². The molecule has 0 spiro atoms. The van der Waals surface area contributed by atoms with Crippen LogP contribution >= 0.6 is 0 Å². The predicted molar refractivity (Wildman–Crippen MR) is 29.8 cm³/mol. The van der Waals surface area contributed by atoms with Crippen LogP contribution in [0, 0.1) is 5.41 Å². The van der Waals surface area contributed by atoms with Gasteiger partial charge in [-0.05, 0) is 12.6 Å². The Labute approximate surface area is 47.8 Å². The van der Waals surface area contributed by atoms with Crippen molar-refractivity contribution in [1.29, 1.82) is 5.41 Å². The summed E-state index contributed by atoms with van der Waals surface area (Å²) in [4.78, 5) is 0. The smallest absolute Gasteiger partial charge is 0.265 e. The van der Waals surface area contributed by atoms with Crippen molar-refractivity contribution in [3.05, 3.63) is 0 Å². The molecule has 0 saturated carbocycles. The van der Waals surface area contributed by atoms with Gasteiger partial charge in [-0.3, -0.25) is 4.55 Å². The predicted octanol–water partition coefficient (Wildman–Crippen LogP) is -0.0861. The van der Waals surface area contributed by atoms with Gasteiger partial charge in [0.05, 0.1) is 5.75 Å². The van der Waals surface area contributed by atoms with Crippen LogP contribution in [0.25, 0.3) is 0 Å². The Hall–Kier alpha value is -0.420. The molecule has 0 aromatic carbocycles. The van der Waals surface area contributed by atoms with E-state index in [1.54, 1.807) is 0 Å². The van der Waals surface area contributed by atoms with Crippen molar-refractivity contribution in [2.24, 2.45) is 0 Å². The van der Waals surface area contributed by atoms with Crippen molar-refractivity contribution < 1.29 is 13.0 Å². The van der Waals surface area contributed by atoms with E-state index in [1.807, 2.05) is 0 Å². The topological polar surface area (TPSA) is 78.2 Å². The highest BCUT2D eigenvalue weighted by molar-refractivity contribution is 7.85. The monoisotopic (exact) mass is 137 g/mol. The van der Waals surface area contributed by atoms with E-state index < -0.39 is 10.1 Å². The third-order valence-corrected chi connectivity index (χ3v) is 1.27. The maximum atomic E-state index is 9.84.